The third-order valence-electron chi connectivity index (χ3n) is 2.74. The van der Waals surface area contributed by atoms with Gasteiger partial charge in [-0.15, -0.1) is 0 Å². The van der Waals surface area contributed by atoms with Crippen molar-refractivity contribution in [3.05, 3.63) is 64.6 Å². The van der Waals surface area contributed by atoms with Crippen molar-refractivity contribution in [1.29, 1.82) is 0 Å². The molecule has 0 amide bonds. The first-order valence-corrected chi connectivity index (χ1v) is 6.74. The SMILES string of the molecule is OCC(Cc1ccccc1)Nc1cccc(Br)c1. The molecule has 0 aliphatic rings. The number of rotatable bonds is 5. The van der Waals surface area contributed by atoms with E-state index in [1.165, 1.54) is 5.56 Å². The lowest BCUT2D eigenvalue weighted by Gasteiger charge is -2.17. The molecular weight excluding hydrogens is 290 g/mol. The summed E-state index contributed by atoms with van der Waals surface area (Å²) in [5.41, 5.74) is 2.23. The summed E-state index contributed by atoms with van der Waals surface area (Å²) in [5, 5.41) is 12.8. The monoisotopic (exact) mass is 305 g/mol. The molecule has 1 unspecified atom stereocenters. The van der Waals surface area contributed by atoms with Crippen LogP contribution in [0.4, 0.5) is 5.69 Å². The Morgan fingerprint density at radius 1 is 1.06 bits per heavy atom. The Balaban J connectivity index is 2.01. The molecule has 0 aliphatic heterocycles. The summed E-state index contributed by atoms with van der Waals surface area (Å²) in [4.78, 5) is 0. The summed E-state index contributed by atoms with van der Waals surface area (Å²) in [6.07, 6.45) is 0.809. The van der Waals surface area contributed by atoms with Gasteiger partial charge in [0.05, 0.1) is 12.6 Å². The lowest BCUT2D eigenvalue weighted by Crippen LogP contribution is -2.26. The fraction of sp³-hybridized carbons (Fsp3) is 0.200. The Kier molecular flexibility index (Phi) is 4.79. The molecule has 2 nitrogen and oxygen atoms in total. The van der Waals surface area contributed by atoms with Gasteiger partial charge in [0.15, 0.2) is 0 Å². The molecule has 0 aliphatic carbocycles. The number of hydrogen-bond acceptors (Lipinski definition) is 2. The van der Waals surface area contributed by atoms with Crippen LogP contribution in [0.3, 0.4) is 0 Å². The maximum Gasteiger partial charge on any atom is 0.0636 e. The zero-order chi connectivity index (χ0) is 12.8. The first kappa shape index (κ1) is 13.1. The molecule has 2 N–H and O–H groups in total. The Bertz CT molecular complexity index is 487. The van der Waals surface area contributed by atoms with E-state index in [0.29, 0.717) is 0 Å². The summed E-state index contributed by atoms with van der Waals surface area (Å²) < 4.78 is 1.03. The first-order valence-electron chi connectivity index (χ1n) is 5.95. The van der Waals surface area contributed by atoms with Crippen molar-refractivity contribution in [3.8, 4) is 0 Å². The second-order valence-electron chi connectivity index (χ2n) is 4.22. The van der Waals surface area contributed by atoms with Crippen LogP contribution < -0.4 is 5.32 Å². The van der Waals surface area contributed by atoms with Crippen molar-refractivity contribution in [3.63, 3.8) is 0 Å². The standard InChI is InChI=1S/C15H16BrNO/c16-13-7-4-8-14(10-13)17-15(11-18)9-12-5-2-1-3-6-12/h1-8,10,15,17-18H,9,11H2. The zero-order valence-electron chi connectivity index (χ0n) is 10.0. The zero-order valence-corrected chi connectivity index (χ0v) is 11.6. The number of halogens is 1. The van der Waals surface area contributed by atoms with E-state index in [1.54, 1.807) is 0 Å². The van der Waals surface area contributed by atoms with Gasteiger partial charge in [0, 0.05) is 10.2 Å². The molecule has 0 heterocycles. The molecule has 2 aromatic carbocycles. The molecule has 0 aromatic heterocycles. The van der Waals surface area contributed by atoms with Crippen LogP contribution in [0.2, 0.25) is 0 Å². The fourth-order valence-electron chi connectivity index (χ4n) is 1.87. The van der Waals surface area contributed by atoms with E-state index in [1.807, 2.05) is 42.5 Å². The maximum atomic E-state index is 9.44. The highest BCUT2D eigenvalue weighted by Crippen LogP contribution is 2.17. The quantitative estimate of drug-likeness (QED) is 0.886. The highest BCUT2D eigenvalue weighted by atomic mass is 79.9. The van der Waals surface area contributed by atoms with Crippen molar-refractivity contribution in [2.45, 2.75) is 12.5 Å². The minimum absolute atomic E-state index is 0.0294. The molecule has 2 aromatic rings. The lowest BCUT2D eigenvalue weighted by molar-refractivity contribution is 0.273. The summed E-state index contributed by atoms with van der Waals surface area (Å²) >= 11 is 3.44. The molecule has 0 radical (unpaired) electrons. The number of hydrogen-bond donors (Lipinski definition) is 2. The fourth-order valence-corrected chi connectivity index (χ4v) is 2.27. The number of nitrogens with one attached hydrogen (secondary N) is 1. The van der Waals surface area contributed by atoms with Gasteiger partial charge in [-0.25, -0.2) is 0 Å². The molecule has 3 heteroatoms. The van der Waals surface area contributed by atoms with Crippen LogP contribution in [0.5, 0.6) is 0 Å². The topological polar surface area (TPSA) is 32.3 Å². The van der Waals surface area contributed by atoms with E-state index in [4.69, 9.17) is 0 Å². The average Bonchev–Trinajstić information content (AvgIpc) is 2.39. The minimum Gasteiger partial charge on any atom is -0.394 e. The van der Waals surface area contributed by atoms with E-state index in [0.717, 1.165) is 16.6 Å². The van der Waals surface area contributed by atoms with Crippen LogP contribution in [-0.4, -0.2) is 17.8 Å². The highest BCUT2D eigenvalue weighted by Gasteiger charge is 2.08. The molecule has 0 saturated carbocycles. The van der Waals surface area contributed by atoms with E-state index >= 15 is 0 Å². The highest BCUT2D eigenvalue weighted by molar-refractivity contribution is 9.10. The first-order chi connectivity index (χ1) is 8.78. The average molecular weight is 306 g/mol. The van der Waals surface area contributed by atoms with Crippen LogP contribution in [0.1, 0.15) is 5.56 Å². The van der Waals surface area contributed by atoms with E-state index in [9.17, 15) is 5.11 Å². The van der Waals surface area contributed by atoms with E-state index in [2.05, 4.69) is 33.4 Å². The molecule has 2 rings (SSSR count). The summed E-state index contributed by atoms with van der Waals surface area (Å²) in [6, 6.07) is 18.2. The van der Waals surface area contributed by atoms with Crippen molar-refractivity contribution < 1.29 is 5.11 Å². The van der Waals surface area contributed by atoms with E-state index in [-0.39, 0.29) is 12.6 Å². The number of benzene rings is 2. The van der Waals surface area contributed by atoms with Crippen molar-refractivity contribution >= 4 is 21.6 Å². The third-order valence-corrected chi connectivity index (χ3v) is 3.23. The molecule has 0 saturated heterocycles. The number of aliphatic hydroxyl groups excluding tert-OH is 1. The Hall–Kier alpha value is -1.32. The van der Waals surface area contributed by atoms with Crippen LogP contribution in [0.15, 0.2) is 59.1 Å². The van der Waals surface area contributed by atoms with Gasteiger partial charge in [-0.3, -0.25) is 0 Å². The van der Waals surface area contributed by atoms with Crippen LogP contribution >= 0.6 is 15.9 Å². The largest absolute Gasteiger partial charge is 0.394 e. The molecular formula is C15H16BrNO. The Morgan fingerprint density at radius 2 is 1.83 bits per heavy atom. The molecule has 0 spiro atoms. The van der Waals surface area contributed by atoms with Crippen molar-refractivity contribution in [2.24, 2.45) is 0 Å². The number of anilines is 1. The van der Waals surface area contributed by atoms with Crippen LogP contribution in [0.25, 0.3) is 0 Å². The summed E-state index contributed by atoms with van der Waals surface area (Å²) in [5.74, 6) is 0. The summed E-state index contributed by atoms with van der Waals surface area (Å²) in [7, 11) is 0. The van der Waals surface area contributed by atoms with Gasteiger partial charge in [-0.05, 0) is 30.2 Å². The Morgan fingerprint density at radius 3 is 2.50 bits per heavy atom. The molecule has 1 atom stereocenters. The normalized spacial score (nSPS) is 12.1. The van der Waals surface area contributed by atoms with Crippen LogP contribution in [-0.2, 0) is 6.42 Å². The minimum atomic E-state index is 0.0294. The molecule has 0 bridgehead atoms. The van der Waals surface area contributed by atoms with Gasteiger partial charge in [0.25, 0.3) is 0 Å². The second-order valence-corrected chi connectivity index (χ2v) is 5.14. The van der Waals surface area contributed by atoms with Gasteiger partial charge >= 0.3 is 0 Å². The third kappa shape index (κ3) is 3.86. The number of aliphatic hydroxyl groups is 1. The predicted octanol–water partition coefficient (Wildman–Crippen LogP) is 3.46. The Labute approximate surface area is 116 Å². The molecule has 94 valence electrons. The van der Waals surface area contributed by atoms with Crippen molar-refractivity contribution in [2.75, 3.05) is 11.9 Å². The predicted molar refractivity (Wildman–Crippen MR) is 78.8 cm³/mol. The summed E-state index contributed by atoms with van der Waals surface area (Å²) in [6.45, 7) is 0.113. The molecule has 0 fully saturated rings. The van der Waals surface area contributed by atoms with E-state index < -0.39 is 0 Å². The van der Waals surface area contributed by atoms with Gasteiger partial charge in [0.2, 0.25) is 0 Å². The van der Waals surface area contributed by atoms with Gasteiger partial charge < -0.3 is 10.4 Å². The smallest absolute Gasteiger partial charge is 0.0636 e. The lowest BCUT2D eigenvalue weighted by atomic mass is 10.1. The van der Waals surface area contributed by atoms with Gasteiger partial charge in [0.1, 0.15) is 0 Å². The van der Waals surface area contributed by atoms with Gasteiger partial charge in [-0.1, -0.05) is 52.3 Å². The van der Waals surface area contributed by atoms with Crippen molar-refractivity contribution in [1.82, 2.24) is 0 Å². The second kappa shape index (κ2) is 6.57. The maximum absolute atomic E-state index is 9.44. The van der Waals surface area contributed by atoms with Gasteiger partial charge in [-0.2, -0.15) is 0 Å². The van der Waals surface area contributed by atoms with Crippen LogP contribution in [0, 0.1) is 0 Å². The molecule has 18 heavy (non-hydrogen) atoms.